The first kappa shape index (κ1) is 11.5. The Hall–Kier alpha value is -1.49. The maximum absolute atomic E-state index is 8.76. The van der Waals surface area contributed by atoms with Gasteiger partial charge in [-0.3, -0.25) is 0 Å². The molecule has 0 amide bonds. The minimum absolute atomic E-state index is 0.623. The van der Waals surface area contributed by atoms with E-state index in [1.165, 1.54) is 0 Å². The second-order valence-corrected chi connectivity index (χ2v) is 2.74. The Labute approximate surface area is 80.3 Å². The van der Waals surface area contributed by atoms with Gasteiger partial charge in [-0.1, -0.05) is 18.2 Å². The Morgan fingerprint density at radius 2 is 2.00 bits per heavy atom. The van der Waals surface area contributed by atoms with Gasteiger partial charge in [-0.2, -0.15) is 5.26 Å². The highest BCUT2D eigenvalue weighted by atomic mass is 14.8. The van der Waals surface area contributed by atoms with Crippen molar-refractivity contribution in [1.29, 1.82) is 5.26 Å². The van der Waals surface area contributed by atoms with Crippen LogP contribution in [0.5, 0.6) is 0 Å². The molecule has 0 bridgehead atoms. The van der Waals surface area contributed by atoms with Crippen molar-refractivity contribution in [3.05, 3.63) is 35.1 Å². The molecule has 1 N–H and O–H groups in total. The number of rotatable bonds is 3. The van der Waals surface area contributed by atoms with E-state index in [1.54, 1.807) is 7.05 Å². The van der Waals surface area contributed by atoms with E-state index >= 15 is 0 Å². The lowest BCUT2D eigenvalue weighted by atomic mass is 10.1. The van der Waals surface area contributed by atoms with Crippen molar-refractivity contribution >= 4 is 0 Å². The third-order valence-corrected chi connectivity index (χ3v) is 1.87. The summed E-state index contributed by atoms with van der Waals surface area (Å²) < 4.78 is 0. The molecule has 70 valence electrons. The van der Waals surface area contributed by atoms with Gasteiger partial charge >= 0.3 is 0 Å². The fraction of sp³-hybridized carbons (Fsp3) is 0.364. The molecule has 0 saturated heterocycles. The van der Waals surface area contributed by atoms with Crippen molar-refractivity contribution in [1.82, 2.24) is 5.32 Å². The van der Waals surface area contributed by atoms with Gasteiger partial charge in [-0.05, 0) is 31.9 Å². The van der Waals surface area contributed by atoms with Gasteiger partial charge in [0.1, 0.15) is 11.8 Å². The number of hydrogen-bond acceptors (Lipinski definition) is 2. The van der Waals surface area contributed by atoms with E-state index in [1.807, 2.05) is 39.0 Å². The molecule has 0 aromatic rings. The maximum Gasteiger partial charge on any atom is 0.117 e. The first-order chi connectivity index (χ1) is 6.17. The Balaban J connectivity index is 4.87. The SMILES string of the molecule is C\C=C/C=C(C)/C(C)=C(\C#N)NC. The van der Waals surface area contributed by atoms with Crippen LogP contribution in [0.1, 0.15) is 20.8 Å². The number of hydrogen-bond donors (Lipinski definition) is 1. The van der Waals surface area contributed by atoms with Crippen LogP contribution in [0.3, 0.4) is 0 Å². The van der Waals surface area contributed by atoms with Crippen LogP contribution >= 0.6 is 0 Å². The van der Waals surface area contributed by atoms with Crippen molar-refractivity contribution in [3.8, 4) is 6.07 Å². The fourth-order valence-corrected chi connectivity index (χ4v) is 0.890. The summed E-state index contributed by atoms with van der Waals surface area (Å²) in [5, 5.41) is 11.6. The summed E-state index contributed by atoms with van der Waals surface area (Å²) >= 11 is 0. The van der Waals surface area contributed by atoms with Gasteiger partial charge in [0.25, 0.3) is 0 Å². The summed E-state index contributed by atoms with van der Waals surface area (Å²) in [6, 6.07) is 2.11. The molecule has 13 heavy (non-hydrogen) atoms. The summed E-state index contributed by atoms with van der Waals surface area (Å²) in [4.78, 5) is 0. The lowest BCUT2D eigenvalue weighted by Crippen LogP contribution is -2.06. The highest BCUT2D eigenvalue weighted by Crippen LogP contribution is 2.11. The van der Waals surface area contributed by atoms with E-state index in [4.69, 9.17) is 5.26 Å². The van der Waals surface area contributed by atoms with Crippen LogP contribution in [-0.4, -0.2) is 7.05 Å². The second kappa shape index (κ2) is 6.07. The molecule has 0 aromatic carbocycles. The van der Waals surface area contributed by atoms with Gasteiger partial charge in [0.15, 0.2) is 0 Å². The Morgan fingerprint density at radius 1 is 1.38 bits per heavy atom. The third kappa shape index (κ3) is 3.62. The molecule has 0 spiro atoms. The smallest absolute Gasteiger partial charge is 0.117 e. The summed E-state index contributed by atoms with van der Waals surface area (Å²) in [7, 11) is 1.75. The third-order valence-electron chi connectivity index (χ3n) is 1.87. The average Bonchev–Trinajstić information content (AvgIpc) is 2.15. The number of nitriles is 1. The second-order valence-electron chi connectivity index (χ2n) is 2.74. The first-order valence-corrected chi connectivity index (χ1v) is 4.26. The van der Waals surface area contributed by atoms with E-state index in [2.05, 4.69) is 11.4 Å². The molecular formula is C11H16N2. The van der Waals surface area contributed by atoms with Crippen LogP contribution in [0.25, 0.3) is 0 Å². The van der Waals surface area contributed by atoms with Gasteiger partial charge in [0.05, 0.1) is 0 Å². The molecule has 0 saturated carbocycles. The number of nitrogens with zero attached hydrogens (tertiary/aromatic N) is 1. The lowest BCUT2D eigenvalue weighted by Gasteiger charge is -2.04. The van der Waals surface area contributed by atoms with Crippen molar-refractivity contribution in [3.63, 3.8) is 0 Å². The number of nitrogens with one attached hydrogen (secondary N) is 1. The zero-order valence-electron chi connectivity index (χ0n) is 8.68. The quantitative estimate of drug-likeness (QED) is 0.530. The maximum atomic E-state index is 8.76. The molecule has 2 nitrogen and oxygen atoms in total. The molecule has 0 unspecified atom stereocenters. The standard InChI is InChI=1S/C11H16N2/c1-5-6-7-9(2)10(3)11(8-12)13-4/h5-7,13H,1-4H3/b6-5-,9-7+,11-10+. The molecule has 0 aliphatic heterocycles. The molecule has 0 atom stereocenters. The molecule has 0 aliphatic carbocycles. The van der Waals surface area contributed by atoms with Crippen LogP contribution in [0.15, 0.2) is 35.1 Å². The first-order valence-electron chi connectivity index (χ1n) is 4.26. The Morgan fingerprint density at radius 3 is 2.38 bits per heavy atom. The fourth-order valence-electron chi connectivity index (χ4n) is 0.890. The summed E-state index contributed by atoms with van der Waals surface area (Å²) in [5.41, 5.74) is 2.71. The predicted octanol–water partition coefficient (Wildman–Crippen LogP) is 2.53. The summed E-state index contributed by atoms with van der Waals surface area (Å²) in [6.45, 7) is 5.89. The van der Waals surface area contributed by atoms with Crippen LogP contribution < -0.4 is 5.32 Å². The van der Waals surface area contributed by atoms with E-state index in [0.717, 1.165) is 11.1 Å². The van der Waals surface area contributed by atoms with Crippen LogP contribution in [0, 0.1) is 11.3 Å². The zero-order chi connectivity index (χ0) is 10.3. The number of allylic oxidation sites excluding steroid dienone is 6. The predicted molar refractivity (Wildman–Crippen MR) is 55.9 cm³/mol. The van der Waals surface area contributed by atoms with Crippen molar-refractivity contribution in [2.45, 2.75) is 20.8 Å². The molecular weight excluding hydrogens is 160 g/mol. The monoisotopic (exact) mass is 176 g/mol. The Kier molecular flexibility index (Phi) is 5.38. The van der Waals surface area contributed by atoms with E-state index in [9.17, 15) is 0 Å². The molecule has 0 radical (unpaired) electrons. The molecule has 2 heteroatoms. The average molecular weight is 176 g/mol. The van der Waals surface area contributed by atoms with Crippen LogP contribution in [-0.2, 0) is 0 Å². The molecule has 0 rings (SSSR count). The van der Waals surface area contributed by atoms with Crippen molar-refractivity contribution in [2.75, 3.05) is 7.05 Å². The van der Waals surface area contributed by atoms with E-state index in [0.29, 0.717) is 5.70 Å². The zero-order valence-corrected chi connectivity index (χ0v) is 8.68. The molecule has 0 aromatic heterocycles. The van der Waals surface area contributed by atoms with Crippen molar-refractivity contribution in [2.24, 2.45) is 0 Å². The van der Waals surface area contributed by atoms with E-state index < -0.39 is 0 Å². The van der Waals surface area contributed by atoms with E-state index in [-0.39, 0.29) is 0 Å². The highest BCUT2D eigenvalue weighted by molar-refractivity contribution is 5.39. The van der Waals surface area contributed by atoms with Gasteiger partial charge in [0, 0.05) is 7.05 Å². The highest BCUT2D eigenvalue weighted by Gasteiger charge is 1.99. The Bertz CT molecular complexity index is 288. The van der Waals surface area contributed by atoms with Gasteiger partial charge in [-0.25, -0.2) is 0 Å². The molecule has 0 heterocycles. The lowest BCUT2D eigenvalue weighted by molar-refractivity contribution is 1.01. The minimum atomic E-state index is 0.623. The largest absolute Gasteiger partial charge is 0.379 e. The normalized spacial score (nSPS) is 13.9. The molecule has 0 fully saturated rings. The molecule has 0 aliphatic rings. The topological polar surface area (TPSA) is 35.8 Å². The van der Waals surface area contributed by atoms with Gasteiger partial charge in [0.2, 0.25) is 0 Å². The van der Waals surface area contributed by atoms with Crippen LogP contribution in [0.2, 0.25) is 0 Å². The van der Waals surface area contributed by atoms with Crippen molar-refractivity contribution < 1.29 is 0 Å². The van der Waals surface area contributed by atoms with Gasteiger partial charge < -0.3 is 5.32 Å². The summed E-state index contributed by atoms with van der Waals surface area (Å²) in [6.07, 6.45) is 5.91. The van der Waals surface area contributed by atoms with Crippen LogP contribution in [0.4, 0.5) is 0 Å². The minimum Gasteiger partial charge on any atom is -0.379 e. The van der Waals surface area contributed by atoms with Gasteiger partial charge in [-0.15, -0.1) is 0 Å². The summed E-state index contributed by atoms with van der Waals surface area (Å²) in [5.74, 6) is 0.